The summed E-state index contributed by atoms with van der Waals surface area (Å²) in [7, 11) is 0.175. The Kier molecular flexibility index (Phi) is 21.5. The van der Waals surface area contributed by atoms with E-state index in [9.17, 15) is 18.0 Å². The van der Waals surface area contributed by atoms with Crippen LogP contribution in [-0.2, 0) is 14.8 Å². The SMILES string of the molecule is COc1ccc(C(=O)Cl)cc1.COc1ccc(C(=O)N2c3ccc(C)cc3[C@@H](Nc3ccc(C)cc3)C[C@H]2C)cc1.CS(=O)(=O)NCCCN1CCOCC1.Cc1ccc(N[C@H]2C[C@@H](C)Nc3ccc(C)cc32)cc1. The van der Waals surface area contributed by atoms with Gasteiger partial charge >= 0.3 is 0 Å². The highest BCUT2D eigenvalue weighted by molar-refractivity contribution is 7.88. The predicted octanol–water partition coefficient (Wildman–Crippen LogP) is 11.9. The first-order valence-electron chi connectivity index (χ1n) is 25.6. The summed E-state index contributed by atoms with van der Waals surface area (Å²) in [6, 6.07) is 45.2. The highest BCUT2D eigenvalue weighted by atomic mass is 35.5. The molecular formula is C60H75ClN6O7S. The second-order valence-electron chi connectivity index (χ2n) is 19.5. The van der Waals surface area contributed by atoms with Crippen molar-refractivity contribution in [2.45, 2.75) is 85.0 Å². The summed E-state index contributed by atoms with van der Waals surface area (Å²) in [6.07, 6.45) is 3.98. The first-order chi connectivity index (χ1) is 35.9. The van der Waals surface area contributed by atoms with Crippen molar-refractivity contribution in [3.05, 3.63) is 178 Å². The molecule has 0 bridgehead atoms. The van der Waals surface area contributed by atoms with Gasteiger partial charge in [-0.3, -0.25) is 14.5 Å². The maximum atomic E-state index is 13.4. The van der Waals surface area contributed by atoms with Crippen molar-refractivity contribution >= 4 is 55.5 Å². The number of hydrogen-bond donors (Lipinski definition) is 4. The molecular weight excluding hydrogens is 984 g/mol. The fourth-order valence-electron chi connectivity index (χ4n) is 9.15. The van der Waals surface area contributed by atoms with E-state index in [4.69, 9.17) is 25.8 Å². The van der Waals surface area contributed by atoms with E-state index < -0.39 is 15.3 Å². The van der Waals surface area contributed by atoms with Crippen LogP contribution in [-0.4, -0.2) is 96.4 Å². The highest BCUT2D eigenvalue weighted by Crippen LogP contribution is 2.41. The van der Waals surface area contributed by atoms with Gasteiger partial charge in [-0.05, 0) is 175 Å². The third kappa shape index (κ3) is 17.9. The number of anilines is 4. The molecule has 4 atom stereocenters. The minimum atomic E-state index is -3.02. The van der Waals surface area contributed by atoms with Gasteiger partial charge in [-0.25, -0.2) is 13.1 Å². The minimum absolute atomic E-state index is 0.0176. The maximum Gasteiger partial charge on any atom is 0.258 e. The summed E-state index contributed by atoms with van der Waals surface area (Å²) in [5, 5.41) is 10.5. The van der Waals surface area contributed by atoms with Crippen molar-refractivity contribution in [3.8, 4) is 11.5 Å². The Bertz CT molecular complexity index is 2880. The molecule has 15 heteroatoms. The molecule has 9 rings (SSSR count). The van der Waals surface area contributed by atoms with Crippen LogP contribution in [0.1, 0.15) is 99.3 Å². The van der Waals surface area contributed by atoms with E-state index in [1.54, 1.807) is 38.5 Å². The Morgan fingerprint density at radius 1 is 0.667 bits per heavy atom. The summed E-state index contributed by atoms with van der Waals surface area (Å²) in [6.45, 7) is 17.8. The number of methoxy groups -OCH3 is 2. The smallest absolute Gasteiger partial charge is 0.258 e. The van der Waals surface area contributed by atoms with Gasteiger partial charge in [-0.15, -0.1) is 0 Å². The quantitative estimate of drug-likeness (QED) is 0.0646. The molecule has 1 amide bonds. The zero-order valence-corrected chi connectivity index (χ0v) is 46.5. The lowest BCUT2D eigenvalue weighted by atomic mass is 9.89. The van der Waals surface area contributed by atoms with Crippen LogP contribution >= 0.6 is 11.6 Å². The summed E-state index contributed by atoms with van der Waals surface area (Å²) in [4.78, 5) is 28.2. The van der Waals surface area contributed by atoms with Crippen LogP contribution in [0, 0.1) is 27.7 Å². The van der Waals surface area contributed by atoms with E-state index in [2.05, 4.69) is 152 Å². The van der Waals surface area contributed by atoms with Crippen molar-refractivity contribution in [3.63, 3.8) is 0 Å². The second kappa shape index (κ2) is 27.9. The summed E-state index contributed by atoms with van der Waals surface area (Å²) in [5.41, 5.74) is 13.3. The molecule has 3 heterocycles. The number of halogens is 1. The van der Waals surface area contributed by atoms with Gasteiger partial charge in [0.15, 0.2) is 0 Å². The number of rotatable bonds is 13. The molecule has 13 nitrogen and oxygen atoms in total. The number of amides is 1. The third-order valence-corrected chi connectivity index (χ3v) is 14.1. The summed E-state index contributed by atoms with van der Waals surface area (Å²) < 4.78 is 39.3. The Labute approximate surface area is 450 Å². The van der Waals surface area contributed by atoms with Gasteiger partial charge in [0.2, 0.25) is 10.0 Å². The van der Waals surface area contributed by atoms with Crippen molar-refractivity contribution in [2.24, 2.45) is 0 Å². The number of nitrogens with one attached hydrogen (secondary N) is 4. The van der Waals surface area contributed by atoms with Crippen LogP contribution < -0.4 is 35.0 Å². The predicted molar refractivity (Wildman–Crippen MR) is 307 cm³/mol. The lowest BCUT2D eigenvalue weighted by Gasteiger charge is -2.40. The average Bonchev–Trinajstić information content (AvgIpc) is 3.40. The van der Waals surface area contributed by atoms with Gasteiger partial charge in [0.05, 0.1) is 45.8 Å². The van der Waals surface area contributed by atoms with E-state index >= 15 is 0 Å². The van der Waals surface area contributed by atoms with Crippen LogP contribution in [0.3, 0.4) is 0 Å². The standard InChI is InChI=1S/C26H28N2O2.C18H22N2.C8H7ClO2.C8H18N2O3S/c1-17-5-10-21(11-6-17)27-24-16-19(3)28(25-14-7-18(2)15-23(24)25)26(29)20-8-12-22(30-4)13-9-20;1-12-4-7-15(8-5-12)20-18-11-14(3)19-17-9-6-13(2)10-16(17)18;1-11-7-4-2-6(3-5-7)8(9)10;1-14(11,12)9-3-2-4-10-5-7-13-8-6-10/h5-15,19,24,27H,16H2,1-4H3;4-10,14,18-20H,11H2,1-3H3;2-5H,1H3;9H,2-8H2,1H3/t19-,24+;14-,18+;;/m11../s1. The van der Waals surface area contributed by atoms with E-state index in [0.29, 0.717) is 35.5 Å². The van der Waals surface area contributed by atoms with E-state index in [1.807, 2.05) is 29.2 Å². The number of morpholine rings is 1. The fourth-order valence-corrected chi connectivity index (χ4v) is 9.80. The van der Waals surface area contributed by atoms with Gasteiger partial charge < -0.3 is 35.1 Å². The fraction of sp³-hybridized carbons (Fsp3) is 0.367. The van der Waals surface area contributed by atoms with Gasteiger partial charge in [0.1, 0.15) is 11.5 Å². The normalized spacial score (nSPS) is 17.8. The summed E-state index contributed by atoms with van der Waals surface area (Å²) in [5.74, 6) is 1.48. The zero-order chi connectivity index (χ0) is 54.1. The van der Waals surface area contributed by atoms with E-state index in [-0.39, 0.29) is 18.0 Å². The number of aryl methyl sites for hydroxylation is 4. The lowest BCUT2D eigenvalue weighted by Crippen LogP contribution is -2.44. The Balaban J connectivity index is 0.000000175. The molecule has 400 valence electrons. The van der Waals surface area contributed by atoms with Gasteiger partial charge in [-0.2, -0.15) is 0 Å². The molecule has 6 aromatic carbocycles. The summed E-state index contributed by atoms with van der Waals surface area (Å²) >= 11 is 5.22. The number of nitrogens with zero attached hydrogens (tertiary/aromatic N) is 2. The van der Waals surface area contributed by atoms with Crippen LogP contribution in [0.2, 0.25) is 0 Å². The van der Waals surface area contributed by atoms with Crippen LogP contribution in [0.5, 0.6) is 11.5 Å². The van der Waals surface area contributed by atoms with Crippen LogP contribution in [0.25, 0.3) is 0 Å². The van der Waals surface area contributed by atoms with Crippen LogP contribution in [0.15, 0.2) is 133 Å². The highest BCUT2D eigenvalue weighted by Gasteiger charge is 2.34. The number of benzene rings is 6. The van der Waals surface area contributed by atoms with Crippen molar-refractivity contribution in [1.82, 2.24) is 9.62 Å². The number of carbonyl (C=O) groups excluding carboxylic acids is 2. The molecule has 0 aromatic heterocycles. The zero-order valence-electron chi connectivity index (χ0n) is 44.9. The lowest BCUT2D eigenvalue weighted by molar-refractivity contribution is 0.0376. The monoisotopic (exact) mass is 1060 g/mol. The van der Waals surface area contributed by atoms with E-state index in [0.717, 1.165) is 74.8 Å². The van der Waals surface area contributed by atoms with Gasteiger partial charge in [0, 0.05) is 65.6 Å². The average molecular weight is 1060 g/mol. The molecule has 1 saturated heterocycles. The molecule has 0 spiro atoms. The molecule has 6 aromatic rings. The Morgan fingerprint density at radius 3 is 1.68 bits per heavy atom. The van der Waals surface area contributed by atoms with Crippen molar-refractivity contribution < 1.29 is 32.2 Å². The number of fused-ring (bicyclic) bond motifs is 2. The molecule has 3 aliphatic heterocycles. The number of sulfonamides is 1. The Hall–Kier alpha value is -6.42. The molecule has 0 unspecified atom stereocenters. The second-order valence-corrected chi connectivity index (χ2v) is 21.7. The van der Waals surface area contributed by atoms with Gasteiger partial charge in [0.25, 0.3) is 11.1 Å². The maximum absolute atomic E-state index is 13.4. The minimum Gasteiger partial charge on any atom is -0.497 e. The molecule has 4 N–H and O–H groups in total. The first kappa shape index (κ1) is 57.9. The molecule has 0 aliphatic carbocycles. The molecule has 0 saturated carbocycles. The molecule has 3 aliphatic rings. The topological polar surface area (TPSA) is 151 Å². The number of ether oxygens (including phenoxy) is 3. The third-order valence-electron chi connectivity index (χ3n) is 13.2. The molecule has 1 fully saturated rings. The van der Waals surface area contributed by atoms with Crippen molar-refractivity contribution in [1.29, 1.82) is 0 Å². The Morgan fingerprint density at radius 2 is 1.16 bits per heavy atom. The van der Waals surface area contributed by atoms with Crippen molar-refractivity contribution in [2.75, 3.05) is 80.7 Å². The van der Waals surface area contributed by atoms with Crippen LogP contribution in [0.4, 0.5) is 22.7 Å². The van der Waals surface area contributed by atoms with Gasteiger partial charge in [-0.1, -0.05) is 70.8 Å². The molecule has 0 radical (unpaired) electrons. The largest absolute Gasteiger partial charge is 0.497 e. The molecule has 75 heavy (non-hydrogen) atoms. The number of carbonyl (C=O) groups is 2. The number of hydrogen-bond acceptors (Lipinski definition) is 11. The van der Waals surface area contributed by atoms with E-state index in [1.165, 1.54) is 45.4 Å². The first-order valence-corrected chi connectivity index (χ1v) is 27.9.